The van der Waals surface area contributed by atoms with Gasteiger partial charge in [0.05, 0.1) is 12.2 Å². The van der Waals surface area contributed by atoms with E-state index in [1.807, 2.05) is 13.0 Å². The van der Waals surface area contributed by atoms with E-state index in [1.54, 1.807) is 12.1 Å². The molecule has 0 aromatic heterocycles. The fourth-order valence-electron chi connectivity index (χ4n) is 3.12. The highest BCUT2D eigenvalue weighted by Gasteiger charge is 2.43. The Morgan fingerprint density at radius 1 is 1.38 bits per heavy atom. The lowest BCUT2D eigenvalue weighted by Gasteiger charge is -2.46. The van der Waals surface area contributed by atoms with Crippen molar-refractivity contribution in [3.8, 4) is 5.75 Å². The Balaban J connectivity index is 1.81. The Labute approximate surface area is 125 Å². The van der Waals surface area contributed by atoms with Gasteiger partial charge >= 0.3 is 0 Å². The highest BCUT2D eigenvalue weighted by atomic mass is 32.2. The normalized spacial score (nSPS) is 24.6. The molecule has 116 valence electrons. The summed E-state index contributed by atoms with van der Waals surface area (Å²) < 4.78 is 35.3. The summed E-state index contributed by atoms with van der Waals surface area (Å²) in [6.45, 7) is 2.50. The number of hydrogen-bond donors (Lipinski definition) is 1. The molecule has 6 heteroatoms. The molecule has 1 saturated heterocycles. The first-order valence-corrected chi connectivity index (χ1v) is 8.87. The number of hydrogen-bond acceptors (Lipinski definition) is 4. The number of rotatable bonds is 3. The fourth-order valence-corrected chi connectivity index (χ4v) is 3.86. The first-order chi connectivity index (χ1) is 9.88. The van der Waals surface area contributed by atoms with E-state index in [-0.39, 0.29) is 16.6 Å². The van der Waals surface area contributed by atoms with E-state index in [0.717, 1.165) is 31.2 Å². The molecule has 0 amide bonds. The zero-order chi connectivity index (χ0) is 15.1. The lowest BCUT2D eigenvalue weighted by atomic mass is 9.74. The summed E-state index contributed by atoms with van der Waals surface area (Å²) in [4.78, 5) is 0.0663. The summed E-state index contributed by atoms with van der Waals surface area (Å²) in [5, 5.41) is 5.29. The Morgan fingerprint density at radius 3 is 2.76 bits per heavy atom. The first-order valence-electron chi connectivity index (χ1n) is 7.32. The van der Waals surface area contributed by atoms with Gasteiger partial charge in [-0.1, -0.05) is 6.07 Å². The Hall–Kier alpha value is -1.11. The molecular weight excluding hydrogens is 290 g/mol. The minimum atomic E-state index is -3.78. The van der Waals surface area contributed by atoms with Crippen LogP contribution in [0.5, 0.6) is 5.75 Å². The third-order valence-corrected chi connectivity index (χ3v) is 5.34. The standard InChI is InChI=1S/C15H21NO4S/c1-11-3-4-13(14(9-11)21(16,17)18)20-12-5-8-19-15(10-12)6-2-7-15/h3-4,9,12H,2,5-8,10H2,1H3,(H2,16,17,18). The summed E-state index contributed by atoms with van der Waals surface area (Å²) in [7, 11) is -3.78. The molecule has 21 heavy (non-hydrogen) atoms. The lowest BCUT2D eigenvalue weighted by Crippen LogP contribution is -2.48. The average molecular weight is 311 g/mol. The van der Waals surface area contributed by atoms with E-state index in [9.17, 15) is 8.42 Å². The second-order valence-corrected chi connectivity index (χ2v) is 7.64. The summed E-state index contributed by atoms with van der Waals surface area (Å²) >= 11 is 0. The molecule has 1 heterocycles. The number of primary sulfonamides is 1. The van der Waals surface area contributed by atoms with Crippen LogP contribution in [0.15, 0.2) is 23.1 Å². The second kappa shape index (κ2) is 5.26. The van der Waals surface area contributed by atoms with Gasteiger partial charge in [0.2, 0.25) is 10.0 Å². The van der Waals surface area contributed by atoms with Crippen LogP contribution < -0.4 is 9.88 Å². The highest BCUT2D eigenvalue weighted by molar-refractivity contribution is 7.89. The van der Waals surface area contributed by atoms with Gasteiger partial charge in [0, 0.05) is 12.8 Å². The van der Waals surface area contributed by atoms with Gasteiger partial charge in [-0.2, -0.15) is 0 Å². The average Bonchev–Trinajstić information content (AvgIpc) is 2.38. The molecule has 2 N–H and O–H groups in total. The van der Waals surface area contributed by atoms with Crippen molar-refractivity contribution in [1.82, 2.24) is 0 Å². The highest BCUT2D eigenvalue weighted by Crippen LogP contribution is 2.43. The lowest BCUT2D eigenvalue weighted by molar-refractivity contribution is -0.153. The molecule has 1 aliphatic heterocycles. The summed E-state index contributed by atoms with van der Waals surface area (Å²) in [6, 6.07) is 5.09. The number of sulfonamides is 1. The van der Waals surface area contributed by atoms with Gasteiger partial charge in [-0.15, -0.1) is 0 Å². The van der Waals surface area contributed by atoms with Crippen LogP contribution >= 0.6 is 0 Å². The minimum Gasteiger partial charge on any atom is -0.489 e. The number of aryl methyl sites for hydroxylation is 1. The predicted octanol–water partition coefficient (Wildman–Crippen LogP) is 2.12. The zero-order valence-corrected chi connectivity index (χ0v) is 13.0. The van der Waals surface area contributed by atoms with Crippen molar-refractivity contribution in [1.29, 1.82) is 0 Å². The molecule has 1 aromatic rings. The molecule has 1 aliphatic carbocycles. The number of ether oxygens (including phenoxy) is 2. The minimum absolute atomic E-state index is 0.0118. The molecule has 1 spiro atoms. The van der Waals surface area contributed by atoms with Crippen LogP contribution in [-0.2, 0) is 14.8 Å². The summed E-state index contributed by atoms with van der Waals surface area (Å²) in [5.41, 5.74) is 0.809. The van der Waals surface area contributed by atoms with Crippen LogP contribution in [-0.4, -0.2) is 26.7 Å². The third-order valence-electron chi connectivity index (χ3n) is 4.41. The van der Waals surface area contributed by atoms with Gasteiger partial charge in [0.25, 0.3) is 0 Å². The molecule has 1 unspecified atom stereocenters. The second-order valence-electron chi connectivity index (χ2n) is 6.11. The smallest absolute Gasteiger partial charge is 0.241 e. The fraction of sp³-hybridized carbons (Fsp3) is 0.600. The molecular formula is C15H21NO4S. The van der Waals surface area contributed by atoms with Crippen LogP contribution in [0.4, 0.5) is 0 Å². The summed E-state index contributed by atoms with van der Waals surface area (Å²) in [6.07, 6.45) is 4.93. The Bertz CT molecular complexity index is 637. The van der Waals surface area contributed by atoms with Crippen molar-refractivity contribution in [3.63, 3.8) is 0 Å². The van der Waals surface area contributed by atoms with Crippen LogP contribution in [0.3, 0.4) is 0 Å². The molecule has 3 rings (SSSR count). The van der Waals surface area contributed by atoms with Crippen molar-refractivity contribution in [2.45, 2.75) is 55.6 Å². The van der Waals surface area contributed by atoms with Gasteiger partial charge < -0.3 is 9.47 Å². The maximum Gasteiger partial charge on any atom is 0.241 e. The third kappa shape index (κ3) is 3.07. The van der Waals surface area contributed by atoms with E-state index in [2.05, 4.69) is 0 Å². The molecule has 2 aliphatic rings. The van der Waals surface area contributed by atoms with Crippen LogP contribution in [0.25, 0.3) is 0 Å². The Morgan fingerprint density at radius 2 is 2.14 bits per heavy atom. The Kier molecular flexibility index (Phi) is 3.71. The molecule has 0 radical (unpaired) electrons. The predicted molar refractivity (Wildman–Crippen MR) is 78.7 cm³/mol. The first kappa shape index (κ1) is 14.8. The molecule has 1 aromatic carbocycles. The maximum atomic E-state index is 11.7. The van der Waals surface area contributed by atoms with Crippen molar-refractivity contribution in [2.75, 3.05) is 6.61 Å². The van der Waals surface area contributed by atoms with Crippen molar-refractivity contribution >= 4 is 10.0 Å². The van der Waals surface area contributed by atoms with Crippen molar-refractivity contribution in [2.24, 2.45) is 5.14 Å². The molecule has 0 bridgehead atoms. The van der Waals surface area contributed by atoms with Crippen molar-refractivity contribution in [3.05, 3.63) is 23.8 Å². The van der Waals surface area contributed by atoms with Gasteiger partial charge in [0.1, 0.15) is 16.7 Å². The quantitative estimate of drug-likeness (QED) is 0.927. The SMILES string of the molecule is Cc1ccc(OC2CCOC3(CCC3)C2)c(S(N)(=O)=O)c1. The van der Waals surface area contributed by atoms with Crippen molar-refractivity contribution < 1.29 is 17.9 Å². The molecule has 1 atom stereocenters. The van der Waals surface area contributed by atoms with Crippen LogP contribution in [0, 0.1) is 6.92 Å². The largest absolute Gasteiger partial charge is 0.489 e. The number of benzene rings is 1. The van der Waals surface area contributed by atoms with E-state index in [0.29, 0.717) is 12.4 Å². The van der Waals surface area contributed by atoms with Gasteiger partial charge in [-0.3, -0.25) is 0 Å². The summed E-state index contributed by atoms with van der Waals surface area (Å²) in [5.74, 6) is 0.351. The monoisotopic (exact) mass is 311 g/mol. The van der Waals surface area contributed by atoms with E-state index < -0.39 is 10.0 Å². The van der Waals surface area contributed by atoms with E-state index in [4.69, 9.17) is 14.6 Å². The number of nitrogens with two attached hydrogens (primary N) is 1. The molecule has 1 saturated carbocycles. The molecule has 2 fully saturated rings. The van der Waals surface area contributed by atoms with E-state index >= 15 is 0 Å². The van der Waals surface area contributed by atoms with E-state index in [1.165, 1.54) is 6.42 Å². The maximum absolute atomic E-state index is 11.7. The zero-order valence-electron chi connectivity index (χ0n) is 12.2. The van der Waals surface area contributed by atoms with Gasteiger partial charge in [-0.25, -0.2) is 13.6 Å². The molecule has 5 nitrogen and oxygen atoms in total. The van der Waals surface area contributed by atoms with Crippen LogP contribution in [0.1, 0.15) is 37.7 Å². The topological polar surface area (TPSA) is 78.6 Å². The van der Waals surface area contributed by atoms with Crippen LogP contribution in [0.2, 0.25) is 0 Å². The van der Waals surface area contributed by atoms with Gasteiger partial charge in [0.15, 0.2) is 0 Å². The van der Waals surface area contributed by atoms with Gasteiger partial charge in [-0.05, 0) is 43.9 Å².